The minimum absolute atomic E-state index is 0.0496. The lowest BCUT2D eigenvalue weighted by atomic mass is 10.1. The monoisotopic (exact) mass is 338 g/mol. The van der Waals surface area contributed by atoms with Crippen molar-refractivity contribution >= 4 is 40.3 Å². The Hall–Kier alpha value is -0.660. The fraction of sp³-hybridized carbons (Fsp3) is 0.700. The molecule has 1 heterocycles. The van der Waals surface area contributed by atoms with Crippen LogP contribution in [0.2, 0.25) is 0 Å². The number of hydrogen-bond donors (Lipinski definition) is 0. The van der Waals surface area contributed by atoms with Gasteiger partial charge in [-0.3, -0.25) is 14.5 Å². The number of halogens is 1. The second-order valence-electron chi connectivity index (χ2n) is 4.28. The third-order valence-electron chi connectivity index (χ3n) is 2.89. The van der Waals surface area contributed by atoms with Gasteiger partial charge in [0.1, 0.15) is 11.3 Å². The van der Waals surface area contributed by atoms with E-state index in [-0.39, 0.29) is 30.7 Å². The number of nitrogens with zero attached hydrogens (tertiary/aromatic N) is 2. The third kappa shape index (κ3) is 2.21. The van der Waals surface area contributed by atoms with Crippen LogP contribution in [0.5, 0.6) is 0 Å². The van der Waals surface area contributed by atoms with Crippen LogP contribution in [0, 0.1) is 0 Å². The van der Waals surface area contributed by atoms with Crippen LogP contribution in [0.15, 0.2) is 0 Å². The van der Waals surface area contributed by atoms with Crippen LogP contribution in [0.25, 0.3) is 0 Å². The summed E-state index contributed by atoms with van der Waals surface area (Å²) in [6, 6.07) is -0.323. The summed E-state index contributed by atoms with van der Waals surface area (Å²) in [7, 11) is 1.60. The van der Waals surface area contributed by atoms with Crippen LogP contribution in [0.3, 0.4) is 0 Å². The molecule has 0 N–H and O–H groups in total. The quantitative estimate of drug-likeness (QED) is 0.437. The molecule has 90 valence electrons. The van der Waals surface area contributed by atoms with E-state index in [0.29, 0.717) is 4.43 Å². The third-order valence-corrected chi connectivity index (χ3v) is 3.74. The zero-order valence-corrected chi connectivity index (χ0v) is 11.8. The fourth-order valence-electron chi connectivity index (χ4n) is 1.48. The first-order valence-corrected chi connectivity index (χ1v) is 6.52. The number of imide groups is 1. The number of urea groups is 1. The molecule has 0 aromatic rings. The normalized spacial score (nSPS) is 19.5. The molecule has 1 aliphatic heterocycles. The average molecular weight is 338 g/mol. The molecule has 1 saturated heterocycles. The van der Waals surface area contributed by atoms with E-state index in [1.807, 2.05) is 22.6 Å². The van der Waals surface area contributed by atoms with E-state index >= 15 is 0 Å². The van der Waals surface area contributed by atoms with Crippen LogP contribution in [0.4, 0.5) is 4.79 Å². The van der Waals surface area contributed by atoms with Crippen LogP contribution < -0.4 is 0 Å². The first-order chi connectivity index (χ1) is 7.32. The van der Waals surface area contributed by atoms with Gasteiger partial charge in [0, 0.05) is 20.0 Å². The molecule has 0 radical (unpaired) electrons. The van der Waals surface area contributed by atoms with E-state index in [0.717, 1.165) is 4.90 Å². The van der Waals surface area contributed by atoms with Gasteiger partial charge in [0.15, 0.2) is 0 Å². The van der Waals surface area contributed by atoms with Crippen molar-refractivity contribution in [3.8, 4) is 0 Å². The van der Waals surface area contributed by atoms with E-state index in [1.165, 1.54) is 4.90 Å². The highest BCUT2D eigenvalue weighted by Gasteiger charge is 2.48. The van der Waals surface area contributed by atoms with Gasteiger partial charge < -0.3 is 4.90 Å². The van der Waals surface area contributed by atoms with Crippen molar-refractivity contribution in [1.82, 2.24) is 9.80 Å². The molecule has 1 fully saturated rings. The van der Waals surface area contributed by atoms with Gasteiger partial charge in [0.2, 0.25) is 0 Å². The fourth-order valence-corrected chi connectivity index (χ4v) is 1.86. The van der Waals surface area contributed by atoms with Gasteiger partial charge >= 0.3 is 6.03 Å². The van der Waals surface area contributed by atoms with Gasteiger partial charge in [-0.2, -0.15) is 0 Å². The first-order valence-electron chi connectivity index (χ1n) is 4.99. The number of hydrogen-bond acceptors (Lipinski definition) is 3. The predicted molar refractivity (Wildman–Crippen MR) is 67.5 cm³/mol. The number of likely N-dealkylation sites (N-methyl/N-ethyl adjacent to an activating group) is 1. The van der Waals surface area contributed by atoms with E-state index in [2.05, 4.69) is 0 Å². The number of carbonyl (C=O) groups excluding carboxylic acids is 3. The number of amides is 3. The number of ketones is 1. The molecule has 6 heteroatoms. The maximum atomic E-state index is 11.9. The molecule has 0 atom stereocenters. The molecule has 0 aliphatic carbocycles. The molecule has 5 nitrogen and oxygen atoms in total. The highest BCUT2D eigenvalue weighted by molar-refractivity contribution is 14.1. The molecule has 0 bridgehead atoms. The van der Waals surface area contributed by atoms with Gasteiger partial charge in [-0.1, -0.05) is 22.6 Å². The van der Waals surface area contributed by atoms with Gasteiger partial charge in [0.25, 0.3) is 5.91 Å². The largest absolute Gasteiger partial charge is 0.327 e. The van der Waals surface area contributed by atoms with E-state index in [1.54, 1.807) is 20.9 Å². The van der Waals surface area contributed by atoms with Crippen molar-refractivity contribution in [2.75, 3.05) is 18.0 Å². The van der Waals surface area contributed by atoms with Gasteiger partial charge in [-0.25, -0.2) is 4.79 Å². The Balaban J connectivity index is 2.72. The SMILES string of the molecule is CN1C(=O)N(CCC(=O)CI)C(=O)C1(C)C. The smallest absolute Gasteiger partial charge is 0.313 e. The van der Waals surface area contributed by atoms with Crippen molar-refractivity contribution in [1.29, 1.82) is 0 Å². The molecule has 1 aliphatic rings. The summed E-state index contributed by atoms with van der Waals surface area (Å²) in [5, 5.41) is 0. The average Bonchev–Trinajstić information content (AvgIpc) is 2.39. The lowest BCUT2D eigenvalue weighted by molar-refractivity contribution is -0.131. The Labute approximate surface area is 108 Å². The molecule has 16 heavy (non-hydrogen) atoms. The van der Waals surface area contributed by atoms with Crippen molar-refractivity contribution in [3.63, 3.8) is 0 Å². The highest BCUT2D eigenvalue weighted by Crippen LogP contribution is 2.25. The maximum Gasteiger partial charge on any atom is 0.327 e. The van der Waals surface area contributed by atoms with E-state index in [4.69, 9.17) is 0 Å². The van der Waals surface area contributed by atoms with Gasteiger partial charge in [-0.05, 0) is 13.8 Å². The first kappa shape index (κ1) is 13.4. The van der Waals surface area contributed by atoms with E-state index in [9.17, 15) is 14.4 Å². The second kappa shape index (κ2) is 4.68. The van der Waals surface area contributed by atoms with Crippen molar-refractivity contribution in [3.05, 3.63) is 0 Å². The van der Waals surface area contributed by atoms with Crippen molar-refractivity contribution in [2.45, 2.75) is 25.8 Å². The molecular formula is C10H15IN2O3. The Morgan fingerprint density at radius 2 is 1.94 bits per heavy atom. The van der Waals surface area contributed by atoms with Crippen LogP contribution in [0.1, 0.15) is 20.3 Å². The summed E-state index contributed by atoms with van der Waals surface area (Å²) >= 11 is 1.97. The standard InChI is InChI=1S/C10H15IN2O3/c1-10(2)8(15)13(9(16)12(10)3)5-4-7(14)6-11/h4-6H2,1-3H3. The lowest BCUT2D eigenvalue weighted by Crippen LogP contribution is -2.41. The summed E-state index contributed by atoms with van der Waals surface area (Å²) in [6.45, 7) is 3.59. The topological polar surface area (TPSA) is 57.7 Å². The zero-order chi connectivity index (χ0) is 12.5. The molecule has 0 saturated carbocycles. The number of rotatable bonds is 4. The number of carbonyl (C=O) groups is 3. The Bertz CT molecular complexity index is 341. The van der Waals surface area contributed by atoms with Crippen molar-refractivity contribution in [2.24, 2.45) is 0 Å². The van der Waals surface area contributed by atoms with Crippen molar-refractivity contribution < 1.29 is 14.4 Å². The molecule has 0 aromatic carbocycles. The highest BCUT2D eigenvalue weighted by atomic mass is 127. The second-order valence-corrected chi connectivity index (χ2v) is 5.04. The van der Waals surface area contributed by atoms with Crippen LogP contribution in [-0.4, -0.2) is 51.1 Å². The Kier molecular flexibility index (Phi) is 3.92. The summed E-state index contributed by atoms with van der Waals surface area (Å²) < 4.78 is 0.410. The minimum Gasteiger partial charge on any atom is -0.313 e. The van der Waals surface area contributed by atoms with E-state index < -0.39 is 5.54 Å². The van der Waals surface area contributed by atoms with Gasteiger partial charge in [0.05, 0.1) is 4.43 Å². The molecule has 3 amide bonds. The molecule has 0 unspecified atom stereocenters. The molecule has 0 spiro atoms. The number of alkyl halides is 1. The van der Waals surface area contributed by atoms with Gasteiger partial charge in [-0.15, -0.1) is 0 Å². The minimum atomic E-state index is -0.801. The lowest BCUT2D eigenvalue weighted by Gasteiger charge is -2.22. The molecular weight excluding hydrogens is 323 g/mol. The Morgan fingerprint density at radius 1 is 1.38 bits per heavy atom. The summed E-state index contributed by atoms with van der Waals surface area (Å²) in [4.78, 5) is 37.4. The summed E-state index contributed by atoms with van der Waals surface area (Å²) in [5.74, 6) is -0.185. The number of Topliss-reactive ketones (excluding diaryl/α,β-unsaturated/α-hetero) is 1. The molecule has 1 rings (SSSR count). The van der Waals surface area contributed by atoms with Crippen LogP contribution >= 0.6 is 22.6 Å². The van der Waals surface area contributed by atoms with Crippen LogP contribution in [-0.2, 0) is 9.59 Å². The zero-order valence-electron chi connectivity index (χ0n) is 9.62. The Morgan fingerprint density at radius 3 is 2.31 bits per heavy atom. The predicted octanol–water partition coefficient (Wildman–Crippen LogP) is 1.05. The maximum absolute atomic E-state index is 11.9. The summed E-state index contributed by atoms with van der Waals surface area (Å²) in [6.07, 6.45) is 0.240. The molecule has 0 aromatic heterocycles. The summed E-state index contributed by atoms with van der Waals surface area (Å²) in [5.41, 5.74) is -0.801.